The second-order valence-electron chi connectivity index (χ2n) is 5.04. The number of carbonyl (C=O) groups excluding carboxylic acids is 1. The van der Waals surface area contributed by atoms with E-state index in [1.54, 1.807) is 54.6 Å². The minimum absolute atomic E-state index is 0.204. The number of carbonyl (C=O) groups is 1. The van der Waals surface area contributed by atoms with E-state index >= 15 is 0 Å². The summed E-state index contributed by atoms with van der Waals surface area (Å²) >= 11 is 0. The average Bonchev–Trinajstić information content (AvgIpc) is 2.53. The molecule has 2 rings (SSSR count). The Balaban J connectivity index is 2.47. The van der Waals surface area contributed by atoms with Crippen molar-refractivity contribution in [2.45, 2.75) is 23.5 Å². The van der Waals surface area contributed by atoms with Gasteiger partial charge in [-0.15, -0.1) is 0 Å². The fourth-order valence-corrected chi connectivity index (χ4v) is 3.92. The van der Waals surface area contributed by atoms with E-state index in [9.17, 15) is 13.2 Å². The van der Waals surface area contributed by atoms with Crippen molar-refractivity contribution < 1.29 is 17.9 Å². The molecule has 0 unspecified atom stereocenters. The van der Waals surface area contributed by atoms with Crippen molar-refractivity contribution in [2.75, 3.05) is 7.11 Å². The molecule has 0 saturated heterocycles. The summed E-state index contributed by atoms with van der Waals surface area (Å²) in [6, 6.07) is 15.3. The Hall–Kier alpha value is -2.14. The molecule has 0 aliphatic heterocycles. The van der Waals surface area contributed by atoms with E-state index < -0.39 is 21.1 Å². The molecule has 0 fully saturated rings. The first-order valence-corrected chi connectivity index (χ1v) is 8.42. The topological polar surface area (TPSA) is 60.4 Å². The van der Waals surface area contributed by atoms with Crippen LogP contribution in [0.4, 0.5) is 0 Å². The highest BCUT2D eigenvalue weighted by molar-refractivity contribution is 7.91. The summed E-state index contributed by atoms with van der Waals surface area (Å²) in [5, 5.41) is -0.955. The smallest absolute Gasteiger partial charge is 0.307 e. The lowest BCUT2D eigenvalue weighted by Crippen LogP contribution is -2.18. The molecule has 0 aliphatic rings. The number of rotatable bonds is 5. The Kier molecular flexibility index (Phi) is 4.98. The Bertz CT molecular complexity index is 734. The van der Waals surface area contributed by atoms with Gasteiger partial charge in [-0.05, 0) is 24.6 Å². The first-order valence-electron chi connectivity index (χ1n) is 6.87. The van der Waals surface area contributed by atoms with Crippen LogP contribution in [0.1, 0.15) is 22.8 Å². The van der Waals surface area contributed by atoms with Crippen LogP contribution in [0.15, 0.2) is 59.5 Å². The number of hydrogen-bond donors (Lipinski definition) is 0. The maximum Gasteiger partial charge on any atom is 0.307 e. The largest absolute Gasteiger partial charge is 0.469 e. The van der Waals surface area contributed by atoms with Gasteiger partial charge in [-0.3, -0.25) is 4.79 Å². The first kappa shape index (κ1) is 16.2. The van der Waals surface area contributed by atoms with Crippen molar-refractivity contribution in [3.63, 3.8) is 0 Å². The van der Waals surface area contributed by atoms with Crippen molar-refractivity contribution in [3.8, 4) is 0 Å². The van der Waals surface area contributed by atoms with Crippen LogP contribution in [-0.4, -0.2) is 21.5 Å². The van der Waals surface area contributed by atoms with Crippen LogP contribution in [-0.2, 0) is 19.4 Å². The maximum atomic E-state index is 12.9. The Morgan fingerprint density at radius 3 is 2.18 bits per heavy atom. The minimum atomic E-state index is -3.68. The van der Waals surface area contributed by atoms with E-state index in [1.165, 1.54) is 7.11 Å². The van der Waals surface area contributed by atoms with E-state index in [2.05, 4.69) is 4.74 Å². The second kappa shape index (κ2) is 6.75. The fourth-order valence-electron chi connectivity index (χ4n) is 2.20. The molecule has 2 aromatic rings. The molecule has 0 aliphatic carbocycles. The van der Waals surface area contributed by atoms with Gasteiger partial charge in [-0.25, -0.2) is 8.42 Å². The van der Waals surface area contributed by atoms with Crippen molar-refractivity contribution in [3.05, 3.63) is 65.7 Å². The molecule has 0 aromatic heterocycles. The van der Waals surface area contributed by atoms with Gasteiger partial charge in [0.05, 0.1) is 18.4 Å². The summed E-state index contributed by atoms with van der Waals surface area (Å²) in [6.45, 7) is 1.89. The lowest BCUT2D eigenvalue weighted by atomic mass is 10.1. The monoisotopic (exact) mass is 318 g/mol. The normalized spacial score (nSPS) is 12.6. The van der Waals surface area contributed by atoms with Gasteiger partial charge < -0.3 is 4.74 Å². The zero-order valence-electron chi connectivity index (χ0n) is 12.5. The molecule has 0 spiro atoms. The van der Waals surface area contributed by atoms with Gasteiger partial charge in [-0.2, -0.15) is 0 Å². The molecule has 0 heterocycles. The molecular weight excluding hydrogens is 300 g/mol. The lowest BCUT2D eigenvalue weighted by Gasteiger charge is -2.17. The zero-order chi connectivity index (χ0) is 16.2. The van der Waals surface area contributed by atoms with Crippen LogP contribution < -0.4 is 0 Å². The van der Waals surface area contributed by atoms with Gasteiger partial charge in [0.25, 0.3) is 0 Å². The van der Waals surface area contributed by atoms with Gasteiger partial charge in [-0.1, -0.05) is 48.0 Å². The van der Waals surface area contributed by atoms with Gasteiger partial charge in [0.2, 0.25) is 0 Å². The molecule has 0 saturated carbocycles. The molecule has 2 aromatic carbocycles. The molecule has 5 heteroatoms. The van der Waals surface area contributed by atoms with Crippen molar-refractivity contribution in [2.24, 2.45) is 0 Å². The number of hydrogen-bond acceptors (Lipinski definition) is 4. The highest BCUT2D eigenvalue weighted by Gasteiger charge is 2.31. The summed E-state index contributed by atoms with van der Waals surface area (Å²) in [5.74, 6) is -0.551. The molecule has 0 amide bonds. The molecule has 22 heavy (non-hydrogen) atoms. The van der Waals surface area contributed by atoms with Crippen molar-refractivity contribution in [1.29, 1.82) is 0 Å². The van der Waals surface area contributed by atoms with Crippen LogP contribution in [0.5, 0.6) is 0 Å². The SMILES string of the molecule is COC(=O)C[C@@H](c1ccccc1)S(=O)(=O)c1ccc(C)cc1. The summed E-state index contributed by atoms with van der Waals surface area (Å²) in [5.41, 5.74) is 1.55. The molecular formula is C17H18O4S. The Labute approximate surface area is 130 Å². The highest BCUT2D eigenvalue weighted by atomic mass is 32.2. The van der Waals surface area contributed by atoms with Gasteiger partial charge in [0.1, 0.15) is 5.25 Å². The van der Waals surface area contributed by atoms with Crippen molar-refractivity contribution >= 4 is 15.8 Å². The van der Waals surface area contributed by atoms with E-state index in [4.69, 9.17) is 0 Å². The quantitative estimate of drug-likeness (QED) is 0.795. The summed E-state index contributed by atoms with van der Waals surface area (Å²) in [7, 11) is -2.42. The molecule has 4 nitrogen and oxygen atoms in total. The van der Waals surface area contributed by atoms with E-state index in [-0.39, 0.29) is 11.3 Å². The van der Waals surface area contributed by atoms with E-state index in [1.807, 2.05) is 6.92 Å². The molecule has 0 radical (unpaired) electrons. The van der Waals surface area contributed by atoms with Crippen LogP contribution in [0.2, 0.25) is 0 Å². The average molecular weight is 318 g/mol. The summed E-state index contributed by atoms with van der Waals surface area (Å²) in [6.07, 6.45) is -0.212. The lowest BCUT2D eigenvalue weighted by molar-refractivity contribution is -0.140. The predicted molar refractivity (Wildman–Crippen MR) is 84.2 cm³/mol. The number of methoxy groups -OCH3 is 1. The minimum Gasteiger partial charge on any atom is -0.469 e. The van der Waals surface area contributed by atoms with Crippen LogP contribution in [0.3, 0.4) is 0 Å². The molecule has 116 valence electrons. The number of ether oxygens (including phenoxy) is 1. The maximum absolute atomic E-state index is 12.9. The van der Waals surface area contributed by atoms with E-state index in [0.29, 0.717) is 5.56 Å². The van der Waals surface area contributed by atoms with Gasteiger partial charge >= 0.3 is 5.97 Å². The molecule has 0 N–H and O–H groups in total. The van der Waals surface area contributed by atoms with Crippen LogP contribution in [0, 0.1) is 6.92 Å². The number of esters is 1. The highest BCUT2D eigenvalue weighted by Crippen LogP contribution is 2.32. The predicted octanol–water partition coefficient (Wildman–Crippen LogP) is 3.07. The third-order valence-corrected chi connectivity index (χ3v) is 5.59. The van der Waals surface area contributed by atoms with Crippen molar-refractivity contribution in [1.82, 2.24) is 0 Å². The third-order valence-electron chi connectivity index (χ3n) is 3.48. The number of sulfone groups is 1. The second-order valence-corrected chi connectivity index (χ2v) is 7.17. The Morgan fingerprint density at radius 1 is 1.05 bits per heavy atom. The fraction of sp³-hybridized carbons (Fsp3) is 0.235. The first-order chi connectivity index (χ1) is 10.4. The van der Waals surface area contributed by atoms with E-state index in [0.717, 1.165) is 5.56 Å². The molecule has 0 bridgehead atoms. The molecule has 1 atom stereocenters. The van der Waals surface area contributed by atoms with Crippen LogP contribution in [0.25, 0.3) is 0 Å². The standard InChI is InChI=1S/C17H18O4S/c1-13-8-10-15(11-9-13)22(19,20)16(12-17(18)21-2)14-6-4-3-5-7-14/h3-11,16H,12H2,1-2H3/t16-/m0/s1. The van der Waals surface area contributed by atoms with Crippen LogP contribution >= 0.6 is 0 Å². The summed E-state index contributed by atoms with van der Waals surface area (Å²) in [4.78, 5) is 11.8. The van der Waals surface area contributed by atoms with Gasteiger partial charge in [0, 0.05) is 0 Å². The zero-order valence-corrected chi connectivity index (χ0v) is 13.3. The number of benzene rings is 2. The summed E-state index contributed by atoms with van der Waals surface area (Å²) < 4.78 is 30.4. The number of aryl methyl sites for hydroxylation is 1. The Morgan fingerprint density at radius 2 is 1.64 bits per heavy atom. The van der Waals surface area contributed by atoms with Gasteiger partial charge in [0.15, 0.2) is 9.84 Å². The third kappa shape index (κ3) is 3.54.